The van der Waals surface area contributed by atoms with E-state index in [-0.39, 0.29) is 19.4 Å². The smallest absolute Gasteiger partial charge is 0.332 e. The maximum atomic E-state index is 12.1. The largest absolute Gasteiger partial charge is 0.479 e. The number of carboxylic acids is 1. The van der Waals surface area contributed by atoms with Crippen LogP contribution in [-0.2, 0) is 23.9 Å². The Kier molecular flexibility index (Phi) is 3.52. The second kappa shape index (κ2) is 4.96. The monoisotopic (exact) mass is 270 g/mol. The minimum Gasteiger partial charge on any atom is -0.479 e. The summed E-state index contributed by atoms with van der Waals surface area (Å²) in [6.07, 6.45) is -1.39. The minimum absolute atomic E-state index is 0.219. The summed E-state index contributed by atoms with van der Waals surface area (Å²) in [5.74, 6) is -2.73. The number of nitrogens with zero attached hydrogens (tertiary/aromatic N) is 1. The van der Waals surface area contributed by atoms with Crippen molar-refractivity contribution in [3.63, 3.8) is 0 Å². The van der Waals surface area contributed by atoms with Gasteiger partial charge in [-0.2, -0.15) is 0 Å². The Labute approximate surface area is 108 Å². The number of piperazine rings is 1. The molecule has 0 saturated carbocycles. The molecule has 0 aromatic heterocycles. The molecule has 2 saturated heterocycles. The molecule has 19 heavy (non-hydrogen) atoms. The molecule has 0 aliphatic carbocycles. The highest BCUT2D eigenvalue weighted by Crippen LogP contribution is 2.22. The first-order valence-corrected chi connectivity index (χ1v) is 5.92. The molecule has 104 valence electrons. The third kappa shape index (κ3) is 2.58. The molecule has 1 unspecified atom stereocenters. The first kappa shape index (κ1) is 13.5. The Morgan fingerprint density at radius 2 is 1.95 bits per heavy atom. The van der Waals surface area contributed by atoms with Crippen LogP contribution in [0.5, 0.6) is 0 Å². The van der Waals surface area contributed by atoms with Gasteiger partial charge in [-0.3, -0.25) is 19.7 Å². The fourth-order valence-corrected chi connectivity index (χ4v) is 2.17. The normalized spacial score (nSPS) is 31.2. The molecule has 0 radical (unpaired) electrons. The molecule has 2 N–H and O–H groups in total. The van der Waals surface area contributed by atoms with Gasteiger partial charge in [-0.05, 0) is 19.8 Å². The van der Waals surface area contributed by atoms with Crippen molar-refractivity contribution in [2.24, 2.45) is 0 Å². The molecule has 2 aliphatic rings. The number of imide groups is 1. The maximum absolute atomic E-state index is 12.1. The molecular formula is C11H14N2O6. The van der Waals surface area contributed by atoms with Gasteiger partial charge in [0.25, 0.3) is 5.91 Å². The van der Waals surface area contributed by atoms with E-state index < -0.39 is 41.9 Å². The van der Waals surface area contributed by atoms with Crippen LogP contribution in [0, 0.1) is 0 Å². The Bertz CT molecular complexity index is 448. The van der Waals surface area contributed by atoms with E-state index in [4.69, 9.17) is 9.84 Å². The van der Waals surface area contributed by atoms with E-state index in [1.54, 1.807) is 0 Å². The van der Waals surface area contributed by atoms with Crippen molar-refractivity contribution in [1.82, 2.24) is 10.2 Å². The fraction of sp³-hybridized carbons (Fsp3) is 0.636. The molecule has 3 atom stereocenters. The lowest BCUT2D eigenvalue weighted by Gasteiger charge is -2.33. The van der Waals surface area contributed by atoms with E-state index in [0.717, 1.165) is 4.90 Å². The molecule has 0 spiro atoms. The predicted octanol–water partition coefficient (Wildman–Crippen LogP) is -1.51. The lowest BCUT2D eigenvalue weighted by Crippen LogP contribution is -2.60. The predicted molar refractivity (Wildman–Crippen MR) is 59.9 cm³/mol. The van der Waals surface area contributed by atoms with E-state index in [1.807, 2.05) is 0 Å². The molecule has 8 heteroatoms. The van der Waals surface area contributed by atoms with Gasteiger partial charge in [-0.25, -0.2) is 4.79 Å². The number of carbonyl (C=O) groups excluding carboxylic acids is 3. The molecule has 0 bridgehead atoms. The van der Waals surface area contributed by atoms with Crippen molar-refractivity contribution < 1.29 is 29.0 Å². The maximum Gasteiger partial charge on any atom is 0.332 e. The van der Waals surface area contributed by atoms with Crippen molar-refractivity contribution in [3.8, 4) is 0 Å². The number of rotatable bonds is 2. The molecule has 0 aromatic rings. The van der Waals surface area contributed by atoms with Crippen LogP contribution in [0.25, 0.3) is 0 Å². The summed E-state index contributed by atoms with van der Waals surface area (Å²) >= 11 is 0. The van der Waals surface area contributed by atoms with Gasteiger partial charge >= 0.3 is 5.97 Å². The highest BCUT2D eigenvalue weighted by atomic mass is 16.5. The number of amides is 3. The molecule has 2 fully saturated rings. The Morgan fingerprint density at radius 3 is 2.53 bits per heavy atom. The third-order valence-corrected chi connectivity index (χ3v) is 3.28. The van der Waals surface area contributed by atoms with Gasteiger partial charge in [0.2, 0.25) is 11.8 Å². The van der Waals surface area contributed by atoms with Gasteiger partial charge in [0, 0.05) is 0 Å². The summed E-state index contributed by atoms with van der Waals surface area (Å²) < 4.78 is 5.12. The van der Waals surface area contributed by atoms with Crippen molar-refractivity contribution in [2.75, 3.05) is 6.54 Å². The first-order chi connectivity index (χ1) is 8.90. The summed E-state index contributed by atoms with van der Waals surface area (Å²) in [6, 6.07) is -0.766. The van der Waals surface area contributed by atoms with Gasteiger partial charge in [0.15, 0.2) is 6.10 Å². The van der Waals surface area contributed by atoms with Crippen LogP contribution in [0.3, 0.4) is 0 Å². The van der Waals surface area contributed by atoms with Crippen LogP contribution in [0.2, 0.25) is 0 Å². The van der Waals surface area contributed by atoms with Crippen LogP contribution in [0.1, 0.15) is 19.8 Å². The second-order valence-electron chi connectivity index (χ2n) is 4.58. The van der Waals surface area contributed by atoms with E-state index in [1.165, 1.54) is 6.92 Å². The number of hydrogen-bond acceptors (Lipinski definition) is 5. The minimum atomic E-state index is -1.11. The number of ether oxygens (including phenoxy) is 1. The van der Waals surface area contributed by atoms with Gasteiger partial charge in [-0.15, -0.1) is 0 Å². The summed E-state index contributed by atoms with van der Waals surface area (Å²) in [7, 11) is 0. The zero-order chi connectivity index (χ0) is 14.2. The van der Waals surface area contributed by atoms with Crippen molar-refractivity contribution in [3.05, 3.63) is 0 Å². The highest BCUT2D eigenvalue weighted by molar-refractivity contribution is 6.04. The number of nitrogens with one attached hydrogen (secondary N) is 1. The van der Waals surface area contributed by atoms with E-state index in [2.05, 4.69) is 5.32 Å². The molecule has 2 rings (SSSR count). The van der Waals surface area contributed by atoms with Crippen LogP contribution >= 0.6 is 0 Å². The Balaban J connectivity index is 2.05. The van der Waals surface area contributed by atoms with Crippen LogP contribution in [0.4, 0.5) is 0 Å². The van der Waals surface area contributed by atoms with Crippen molar-refractivity contribution >= 4 is 23.7 Å². The summed E-state index contributed by atoms with van der Waals surface area (Å²) in [6.45, 7) is 1.28. The Hall–Kier alpha value is -1.96. The fourth-order valence-electron chi connectivity index (χ4n) is 2.17. The zero-order valence-corrected chi connectivity index (χ0v) is 10.3. The lowest BCUT2D eigenvalue weighted by molar-refractivity contribution is -0.160. The molecule has 3 amide bonds. The zero-order valence-electron chi connectivity index (χ0n) is 10.3. The summed E-state index contributed by atoms with van der Waals surface area (Å²) in [4.78, 5) is 46.7. The third-order valence-electron chi connectivity index (χ3n) is 3.28. The standard InChI is InChI=1S/C11H14N2O6/c1-5-9(15)12-8(14)4-13(5)10(16)6-2-3-7(19-6)11(17)18/h5-7H,2-4H2,1H3,(H,17,18)(H,12,14,15)/t5?,6-,7+/m0/s1. The SMILES string of the molecule is CC1C(=O)NC(=O)CN1C(=O)[C@@H]1CC[C@H](C(=O)O)O1. The highest BCUT2D eigenvalue weighted by Gasteiger charge is 2.41. The number of aliphatic carboxylic acids is 1. The molecular weight excluding hydrogens is 256 g/mol. The molecule has 0 aromatic carbocycles. The van der Waals surface area contributed by atoms with Gasteiger partial charge < -0.3 is 14.7 Å². The van der Waals surface area contributed by atoms with Crippen LogP contribution < -0.4 is 5.32 Å². The second-order valence-corrected chi connectivity index (χ2v) is 4.58. The summed E-state index contributed by atoms with van der Waals surface area (Å²) in [5.41, 5.74) is 0. The van der Waals surface area contributed by atoms with E-state index in [0.29, 0.717) is 0 Å². The topological polar surface area (TPSA) is 113 Å². The first-order valence-electron chi connectivity index (χ1n) is 5.92. The van der Waals surface area contributed by atoms with Crippen molar-refractivity contribution in [1.29, 1.82) is 0 Å². The Morgan fingerprint density at radius 1 is 1.32 bits per heavy atom. The molecule has 8 nitrogen and oxygen atoms in total. The van der Waals surface area contributed by atoms with Crippen LogP contribution in [0.15, 0.2) is 0 Å². The van der Waals surface area contributed by atoms with Gasteiger partial charge in [0.05, 0.1) is 0 Å². The van der Waals surface area contributed by atoms with Crippen molar-refractivity contribution in [2.45, 2.75) is 38.0 Å². The quantitative estimate of drug-likeness (QED) is 0.590. The van der Waals surface area contributed by atoms with E-state index in [9.17, 15) is 19.2 Å². The molecule has 2 heterocycles. The number of carboxylic acid groups (broad SMARTS) is 1. The van der Waals surface area contributed by atoms with E-state index >= 15 is 0 Å². The molecule has 2 aliphatic heterocycles. The lowest BCUT2D eigenvalue weighted by atomic mass is 10.1. The average molecular weight is 270 g/mol. The van der Waals surface area contributed by atoms with Crippen LogP contribution in [-0.4, -0.2) is 58.5 Å². The number of hydrogen-bond donors (Lipinski definition) is 2. The van der Waals surface area contributed by atoms with Gasteiger partial charge in [-0.1, -0.05) is 0 Å². The summed E-state index contributed by atoms with van der Waals surface area (Å²) in [5, 5.41) is 10.9. The van der Waals surface area contributed by atoms with Gasteiger partial charge in [0.1, 0.15) is 18.7 Å². The number of carbonyl (C=O) groups is 4. The average Bonchev–Trinajstić information content (AvgIpc) is 2.82.